The molecule has 3 fully saturated rings. The topological polar surface area (TPSA) is 37.3 Å². The minimum Gasteiger partial charge on any atom is -0.481 e. The predicted molar refractivity (Wildman–Crippen MR) is 80.9 cm³/mol. The minimum absolute atomic E-state index is 0.102. The monoisotopic (exact) mass is 312 g/mol. The standard InChI is InChI=1S/C18H26F2O2/c1-9-8-11(4-3-5-12(9)18(21)22)10(2)13-6-7-14(19)16-15(13)17(16)20/h9,11-17H,2-8H2,1H3,(H,21,22). The van der Waals surface area contributed by atoms with Gasteiger partial charge in [-0.25, -0.2) is 8.78 Å². The van der Waals surface area contributed by atoms with Crippen LogP contribution in [0, 0.1) is 35.5 Å². The van der Waals surface area contributed by atoms with E-state index >= 15 is 0 Å². The van der Waals surface area contributed by atoms with Gasteiger partial charge in [-0.1, -0.05) is 25.5 Å². The maximum absolute atomic E-state index is 13.9. The van der Waals surface area contributed by atoms with Crippen LogP contribution < -0.4 is 0 Å². The molecule has 2 nitrogen and oxygen atoms in total. The maximum atomic E-state index is 13.9. The average molecular weight is 312 g/mol. The Hall–Kier alpha value is -0.930. The fraction of sp³-hybridized carbons (Fsp3) is 0.833. The van der Waals surface area contributed by atoms with Crippen LogP contribution in [0.25, 0.3) is 0 Å². The first-order valence-electron chi connectivity index (χ1n) is 8.61. The first-order chi connectivity index (χ1) is 10.4. The number of allylic oxidation sites excluding steroid dienone is 1. The number of rotatable bonds is 3. The van der Waals surface area contributed by atoms with Gasteiger partial charge >= 0.3 is 5.97 Å². The molecule has 4 heteroatoms. The van der Waals surface area contributed by atoms with E-state index in [4.69, 9.17) is 0 Å². The van der Waals surface area contributed by atoms with Crippen LogP contribution in [0.2, 0.25) is 0 Å². The molecule has 8 atom stereocenters. The lowest BCUT2D eigenvalue weighted by molar-refractivity contribution is -0.143. The van der Waals surface area contributed by atoms with Gasteiger partial charge in [0, 0.05) is 11.8 Å². The van der Waals surface area contributed by atoms with Gasteiger partial charge in [-0.05, 0) is 49.9 Å². The van der Waals surface area contributed by atoms with E-state index in [0.29, 0.717) is 12.8 Å². The highest BCUT2D eigenvalue weighted by atomic mass is 19.1. The molecule has 0 amide bonds. The fourth-order valence-corrected chi connectivity index (χ4v) is 5.01. The molecule has 3 saturated carbocycles. The molecule has 0 aromatic carbocycles. The van der Waals surface area contributed by atoms with Crippen LogP contribution >= 0.6 is 0 Å². The van der Waals surface area contributed by atoms with Crippen molar-refractivity contribution < 1.29 is 18.7 Å². The van der Waals surface area contributed by atoms with Gasteiger partial charge in [-0.2, -0.15) is 0 Å². The van der Waals surface area contributed by atoms with Crippen molar-refractivity contribution in [2.45, 2.75) is 57.8 Å². The van der Waals surface area contributed by atoms with Gasteiger partial charge in [0.1, 0.15) is 12.3 Å². The number of carbonyl (C=O) groups is 1. The quantitative estimate of drug-likeness (QED) is 0.619. The summed E-state index contributed by atoms with van der Waals surface area (Å²) in [6, 6.07) is 0. The molecule has 0 bridgehead atoms. The normalized spacial score (nSPS) is 48.1. The van der Waals surface area contributed by atoms with Crippen LogP contribution in [0.4, 0.5) is 8.78 Å². The van der Waals surface area contributed by atoms with Gasteiger partial charge in [0.25, 0.3) is 0 Å². The summed E-state index contributed by atoms with van der Waals surface area (Å²) in [4.78, 5) is 11.3. The predicted octanol–water partition coefficient (Wildman–Crippen LogP) is 4.40. The molecule has 0 aliphatic heterocycles. The van der Waals surface area contributed by atoms with E-state index in [9.17, 15) is 18.7 Å². The Morgan fingerprint density at radius 1 is 1.09 bits per heavy atom. The van der Waals surface area contributed by atoms with Crippen LogP contribution in [0.15, 0.2) is 12.2 Å². The Labute approximate surface area is 131 Å². The third-order valence-corrected chi connectivity index (χ3v) is 6.40. The van der Waals surface area contributed by atoms with E-state index in [-0.39, 0.29) is 29.6 Å². The summed E-state index contributed by atoms with van der Waals surface area (Å²) in [6.07, 6.45) is 2.55. The number of carboxylic acid groups (broad SMARTS) is 1. The van der Waals surface area contributed by atoms with Crippen molar-refractivity contribution >= 4 is 5.97 Å². The van der Waals surface area contributed by atoms with Gasteiger partial charge in [-0.3, -0.25) is 4.79 Å². The highest BCUT2D eigenvalue weighted by Gasteiger charge is 2.62. The molecule has 0 saturated heterocycles. The zero-order valence-corrected chi connectivity index (χ0v) is 13.2. The van der Waals surface area contributed by atoms with Crippen molar-refractivity contribution in [1.29, 1.82) is 0 Å². The van der Waals surface area contributed by atoms with Crippen LogP contribution in [-0.2, 0) is 4.79 Å². The molecule has 0 aromatic rings. The highest BCUT2D eigenvalue weighted by Crippen LogP contribution is 2.59. The average Bonchev–Trinajstić information content (AvgIpc) is 3.17. The molecule has 3 rings (SSSR count). The number of fused-ring (bicyclic) bond motifs is 1. The summed E-state index contributed by atoms with van der Waals surface area (Å²) in [5.74, 6) is -1.05. The van der Waals surface area contributed by atoms with Crippen molar-refractivity contribution in [3.05, 3.63) is 12.2 Å². The van der Waals surface area contributed by atoms with Gasteiger partial charge in [0.15, 0.2) is 0 Å². The van der Waals surface area contributed by atoms with Crippen molar-refractivity contribution in [2.75, 3.05) is 0 Å². The van der Waals surface area contributed by atoms with E-state index in [1.807, 2.05) is 6.92 Å². The summed E-state index contributed by atoms with van der Waals surface area (Å²) < 4.78 is 27.6. The summed E-state index contributed by atoms with van der Waals surface area (Å²) in [6.45, 7) is 6.25. The first-order valence-corrected chi connectivity index (χ1v) is 8.61. The van der Waals surface area contributed by atoms with Crippen LogP contribution in [0.5, 0.6) is 0 Å². The smallest absolute Gasteiger partial charge is 0.306 e. The molecule has 124 valence electrons. The zero-order chi connectivity index (χ0) is 16.0. The third kappa shape index (κ3) is 2.69. The Morgan fingerprint density at radius 3 is 2.50 bits per heavy atom. The van der Waals surface area contributed by atoms with Gasteiger partial charge in [0.2, 0.25) is 0 Å². The lowest BCUT2D eigenvalue weighted by atomic mass is 9.75. The Morgan fingerprint density at radius 2 is 1.82 bits per heavy atom. The van der Waals surface area contributed by atoms with Gasteiger partial charge in [-0.15, -0.1) is 0 Å². The lowest BCUT2D eigenvalue weighted by Gasteiger charge is -2.30. The molecule has 0 aromatic heterocycles. The molecule has 3 aliphatic carbocycles. The van der Waals surface area contributed by atoms with Crippen molar-refractivity contribution in [3.63, 3.8) is 0 Å². The highest BCUT2D eigenvalue weighted by molar-refractivity contribution is 5.70. The van der Waals surface area contributed by atoms with E-state index < -0.39 is 24.2 Å². The number of hydrogen-bond donors (Lipinski definition) is 1. The zero-order valence-electron chi connectivity index (χ0n) is 13.2. The van der Waals surface area contributed by atoms with E-state index in [2.05, 4.69) is 6.58 Å². The number of aliphatic carboxylic acids is 1. The van der Waals surface area contributed by atoms with Crippen molar-refractivity contribution in [1.82, 2.24) is 0 Å². The van der Waals surface area contributed by atoms with Gasteiger partial charge in [0.05, 0.1) is 5.92 Å². The molecule has 8 unspecified atom stereocenters. The molecule has 3 aliphatic rings. The number of hydrogen-bond acceptors (Lipinski definition) is 1. The first kappa shape index (κ1) is 15.9. The summed E-state index contributed by atoms with van der Waals surface area (Å²) in [5.41, 5.74) is 1.07. The van der Waals surface area contributed by atoms with E-state index in [0.717, 1.165) is 31.3 Å². The molecule has 0 radical (unpaired) electrons. The molecule has 0 heterocycles. The van der Waals surface area contributed by atoms with Crippen LogP contribution in [0.1, 0.15) is 45.4 Å². The second kappa shape index (κ2) is 5.93. The minimum atomic E-state index is -0.991. The van der Waals surface area contributed by atoms with Crippen LogP contribution in [0.3, 0.4) is 0 Å². The number of alkyl halides is 2. The summed E-state index contributed by atoms with van der Waals surface area (Å²) >= 11 is 0. The second-order valence-corrected chi connectivity index (χ2v) is 7.66. The number of halogens is 2. The summed E-state index contributed by atoms with van der Waals surface area (Å²) in [7, 11) is 0. The summed E-state index contributed by atoms with van der Waals surface area (Å²) in [5, 5.41) is 9.31. The molecule has 1 N–H and O–H groups in total. The SMILES string of the molecule is C=C(C1CCCC(C(=O)O)C(C)C1)C1CCC(F)C2C(F)C12. The Bertz CT molecular complexity index is 464. The fourth-order valence-electron chi connectivity index (χ4n) is 5.01. The lowest BCUT2D eigenvalue weighted by Crippen LogP contribution is -2.25. The molecule has 22 heavy (non-hydrogen) atoms. The molecular formula is C18H26F2O2. The third-order valence-electron chi connectivity index (χ3n) is 6.40. The Kier molecular flexibility index (Phi) is 4.30. The molecular weight excluding hydrogens is 286 g/mol. The van der Waals surface area contributed by atoms with Crippen molar-refractivity contribution in [3.8, 4) is 0 Å². The number of carboxylic acids is 1. The van der Waals surface area contributed by atoms with E-state index in [1.165, 1.54) is 0 Å². The van der Waals surface area contributed by atoms with Gasteiger partial charge < -0.3 is 5.11 Å². The Balaban J connectivity index is 1.66. The van der Waals surface area contributed by atoms with E-state index in [1.54, 1.807) is 0 Å². The maximum Gasteiger partial charge on any atom is 0.306 e. The molecule has 0 spiro atoms. The largest absolute Gasteiger partial charge is 0.481 e. The van der Waals surface area contributed by atoms with Crippen LogP contribution in [-0.4, -0.2) is 23.4 Å². The van der Waals surface area contributed by atoms with Crippen molar-refractivity contribution in [2.24, 2.45) is 35.5 Å². The second-order valence-electron chi connectivity index (χ2n) is 7.66.